The van der Waals surface area contributed by atoms with E-state index in [-0.39, 0.29) is 24.1 Å². The Morgan fingerprint density at radius 2 is 2.22 bits per heavy atom. The summed E-state index contributed by atoms with van der Waals surface area (Å²) in [5.41, 5.74) is 0. The van der Waals surface area contributed by atoms with Crippen LogP contribution in [0.5, 0.6) is 0 Å². The van der Waals surface area contributed by atoms with Crippen LogP contribution < -0.4 is 5.32 Å². The second kappa shape index (κ2) is 6.73. The van der Waals surface area contributed by atoms with Crippen molar-refractivity contribution in [2.75, 3.05) is 6.54 Å². The number of nitrogens with one attached hydrogen (secondary N) is 2. The third-order valence-electron chi connectivity index (χ3n) is 2.36. The third-order valence-corrected chi connectivity index (χ3v) is 2.36. The molecular weight excluding hydrogens is 236 g/mol. The maximum Gasteiger partial charge on any atom is 0.303 e. The van der Waals surface area contributed by atoms with Gasteiger partial charge in [0.15, 0.2) is 0 Å². The van der Waals surface area contributed by atoms with Crippen molar-refractivity contribution in [1.29, 1.82) is 0 Å². The zero-order valence-electron chi connectivity index (χ0n) is 10.6. The minimum atomic E-state index is -0.875. The van der Waals surface area contributed by atoms with Crippen molar-refractivity contribution in [3.8, 4) is 0 Å². The molecule has 0 aliphatic heterocycles. The van der Waals surface area contributed by atoms with Crippen LogP contribution in [0.4, 0.5) is 0 Å². The van der Waals surface area contributed by atoms with Crippen LogP contribution >= 0.6 is 0 Å². The van der Waals surface area contributed by atoms with Crippen molar-refractivity contribution in [2.24, 2.45) is 5.92 Å². The average molecular weight is 254 g/mol. The number of aryl methyl sites for hydroxylation is 1. The van der Waals surface area contributed by atoms with Gasteiger partial charge in [0, 0.05) is 19.4 Å². The number of carbonyl (C=O) groups excluding carboxylic acids is 1. The number of aliphatic carboxylic acids is 1. The molecule has 7 heteroatoms. The second-order valence-corrected chi connectivity index (χ2v) is 4.27. The first-order valence-corrected chi connectivity index (χ1v) is 5.94. The number of aromatic amines is 1. The van der Waals surface area contributed by atoms with E-state index >= 15 is 0 Å². The molecule has 1 amide bonds. The number of aromatic nitrogens is 3. The highest BCUT2D eigenvalue weighted by Crippen LogP contribution is 2.01. The van der Waals surface area contributed by atoms with E-state index < -0.39 is 5.97 Å². The zero-order chi connectivity index (χ0) is 13.5. The van der Waals surface area contributed by atoms with Crippen molar-refractivity contribution in [3.05, 3.63) is 11.6 Å². The highest BCUT2D eigenvalue weighted by atomic mass is 16.4. The summed E-state index contributed by atoms with van der Waals surface area (Å²) < 4.78 is 0. The molecule has 0 spiro atoms. The Morgan fingerprint density at radius 3 is 2.83 bits per heavy atom. The normalized spacial score (nSPS) is 12.1. The molecule has 18 heavy (non-hydrogen) atoms. The minimum Gasteiger partial charge on any atom is -0.481 e. The van der Waals surface area contributed by atoms with Crippen LogP contribution in [-0.2, 0) is 11.2 Å². The fraction of sp³-hybridized carbons (Fsp3) is 0.636. The third kappa shape index (κ3) is 4.52. The molecule has 100 valence electrons. The number of amides is 1. The maximum absolute atomic E-state index is 11.6. The molecule has 0 radical (unpaired) electrons. The Balaban J connectivity index is 2.42. The number of H-pyrrole nitrogens is 1. The lowest BCUT2D eigenvalue weighted by molar-refractivity contribution is -0.137. The van der Waals surface area contributed by atoms with E-state index in [2.05, 4.69) is 20.5 Å². The van der Waals surface area contributed by atoms with Gasteiger partial charge in [-0.2, -0.15) is 0 Å². The number of hydrogen-bond donors (Lipinski definition) is 3. The van der Waals surface area contributed by atoms with E-state index in [1.165, 1.54) is 0 Å². The van der Waals surface area contributed by atoms with Crippen molar-refractivity contribution >= 4 is 11.9 Å². The first-order valence-electron chi connectivity index (χ1n) is 5.94. The van der Waals surface area contributed by atoms with Crippen LogP contribution in [0.3, 0.4) is 0 Å². The van der Waals surface area contributed by atoms with Gasteiger partial charge in [-0.15, -0.1) is 5.10 Å². The van der Waals surface area contributed by atoms with Gasteiger partial charge < -0.3 is 10.4 Å². The van der Waals surface area contributed by atoms with E-state index in [1.807, 2.05) is 6.92 Å². The molecule has 7 nitrogen and oxygen atoms in total. The monoisotopic (exact) mass is 254 g/mol. The molecule has 1 unspecified atom stereocenters. The highest BCUT2D eigenvalue weighted by Gasteiger charge is 2.14. The van der Waals surface area contributed by atoms with Crippen LogP contribution in [0.2, 0.25) is 0 Å². The Bertz CT molecular complexity index is 416. The number of hydrogen-bond acceptors (Lipinski definition) is 4. The topological polar surface area (TPSA) is 108 Å². The van der Waals surface area contributed by atoms with E-state index in [9.17, 15) is 9.59 Å². The van der Waals surface area contributed by atoms with E-state index in [4.69, 9.17) is 5.11 Å². The predicted octanol–water partition coefficient (Wildman–Crippen LogP) is 0.598. The summed E-state index contributed by atoms with van der Waals surface area (Å²) in [5.74, 6) is -0.603. The maximum atomic E-state index is 11.6. The lowest BCUT2D eigenvalue weighted by atomic mass is 10.1. The minimum absolute atomic E-state index is 0.0232. The van der Waals surface area contributed by atoms with Gasteiger partial charge in [0.25, 0.3) is 5.91 Å². The Morgan fingerprint density at radius 1 is 1.50 bits per heavy atom. The van der Waals surface area contributed by atoms with Crippen molar-refractivity contribution in [3.63, 3.8) is 0 Å². The van der Waals surface area contributed by atoms with E-state index in [1.54, 1.807) is 6.92 Å². The van der Waals surface area contributed by atoms with Gasteiger partial charge in [0.1, 0.15) is 5.82 Å². The predicted molar refractivity (Wildman–Crippen MR) is 64.1 cm³/mol. The van der Waals surface area contributed by atoms with Gasteiger partial charge in [-0.05, 0) is 12.3 Å². The number of rotatable bonds is 7. The highest BCUT2D eigenvalue weighted by molar-refractivity contribution is 5.90. The largest absolute Gasteiger partial charge is 0.481 e. The Hall–Kier alpha value is -1.92. The summed E-state index contributed by atoms with van der Waals surface area (Å²) in [5, 5.41) is 17.7. The molecule has 1 rings (SSSR count). The van der Waals surface area contributed by atoms with Gasteiger partial charge in [0.05, 0.1) is 0 Å². The molecule has 0 aliphatic rings. The van der Waals surface area contributed by atoms with E-state index in [0.29, 0.717) is 12.4 Å². The Kier molecular flexibility index (Phi) is 5.29. The summed E-state index contributed by atoms with van der Waals surface area (Å²) in [6.45, 7) is 4.06. The van der Waals surface area contributed by atoms with Gasteiger partial charge in [-0.25, -0.2) is 4.98 Å². The van der Waals surface area contributed by atoms with Crippen LogP contribution in [0.1, 0.15) is 43.1 Å². The first kappa shape index (κ1) is 14.1. The molecule has 0 aliphatic carbocycles. The molecule has 0 bridgehead atoms. The number of nitrogens with zero attached hydrogens (tertiary/aromatic N) is 2. The average Bonchev–Trinajstić information content (AvgIpc) is 2.74. The number of carboxylic acids is 1. The summed E-state index contributed by atoms with van der Waals surface area (Å²) in [6.07, 6.45) is 1.69. The molecule has 0 aromatic carbocycles. The summed E-state index contributed by atoms with van der Waals surface area (Å²) in [7, 11) is 0. The standard InChI is InChI=1S/C11H18N4O3/c1-3-4-8-13-10(15-14-8)11(18)12-6-7(2)5-9(16)17/h7H,3-6H2,1-2H3,(H,12,18)(H,16,17)(H,13,14,15). The lowest BCUT2D eigenvalue weighted by Gasteiger charge is -2.08. The summed E-state index contributed by atoms with van der Waals surface area (Å²) in [4.78, 5) is 26.1. The zero-order valence-corrected chi connectivity index (χ0v) is 10.6. The summed E-state index contributed by atoms with van der Waals surface area (Å²) in [6, 6.07) is 0. The van der Waals surface area contributed by atoms with Gasteiger partial charge in [-0.3, -0.25) is 14.7 Å². The molecule has 1 aromatic rings. The quantitative estimate of drug-likeness (QED) is 0.660. The van der Waals surface area contributed by atoms with Crippen molar-refractivity contribution < 1.29 is 14.7 Å². The fourth-order valence-corrected chi connectivity index (χ4v) is 1.46. The van der Waals surface area contributed by atoms with Gasteiger partial charge in [0.2, 0.25) is 5.82 Å². The molecule has 1 heterocycles. The SMILES string of the molecule is CCCc1nc(C(=O)NCC(C)CC(=O)O)n[nH]1. The second-order valence-electron chi connectivity index (χ2n) is 4.27. The first-order chi connectivity index (χ1) is 8.52. The van der Waals surface area contributed by atoms with E-state index in [0.717, 1.165) is 12.8 Å². The molecule has 3 N–H and O–H groups in total. The fourth-order valence-electron chi connectivity index (χ4n) is 1.46. The summed E-state index contributed by atoms with van der Waals surface area (Å²) >= 11 is 0. The van der Waals surface area contributed by atoms with Gasteiger partial charge in [-0.1, -0.05) is 13.8 Å². The molecule has 0 saturated heterocycles. The van der Waals surface area contributed by atoms with Crippen molar-refractivity contribution in [1.82, 2.24) is 20.5 Å². The van der Waals surface area contributed by atoms with Gasteiger partial charge >= 0.3 is 5.97 Å². The number of carbonyl (C=O) groups is 2. The van der Waals surface area contributed by atoms with Crippen molar-refractivity contribution in [2.45, 2.75) is 33.1 Å². The molecule has 0 fully saturated rings. The van der Waals surface area contributed by atoms with Crippen LogP contribution in [0.15, 0.2) is 0 Å². The smallest absolute Gasteiger partial charge is 0.303 e. The lowest BCUT2D eigenvalue weighted by Crippen LogP contribution is -2.30. The van der Waals surface area contributed by atoms with Crippen LogP contribution in [0.25, 0.3) is 0 Å². The van der Waals surface area contributed by atoms with Crippen LogP contribution in [0, 0.1) is 5.92 Å². The number of carboxylic acid groups (broad SMARTS) is 1. The molecule has 0 saturated carbocycles. The molecule has 1 aromatic heterocycles. The van der Waals surface area contributed by atoms with Crippen LogP contribution in [-0.4, -0.2) is 38.7 Å². The Labute approximate surface area is 105 Å². The molecular formula is C11H18N4O3. The molecule has 1 atom stereocenters.